The lowest BCUT2D eigenvalue weighted by molar-refractivity contribution is -0.173. The lowest BCUT2D eigenvalue weighted by Gasteiger charge is -2.27. The fourth-order valence-corrected chi connectivity index (χ4v) is 4.91. The van der Waals surface area contributed by atoms with E-state index in [0.29, 0.717) is 37.3 Å². The second-order valence-electron chi connectivity index (χ2n) is 9.41. The molecule has 0 bridgehead atoms. The molecule has 0 aliphatic carbocycles. The van der Waals surface area contributed by atoms with Gasteiger partial charge in [-0.3, -0.25) is 9.59 Å². The molecular weight excluding hydrogens is 490 g/mol. The van der Waals surface area contributed by atoms with Gasteiger partial charge in [0.25, 0.3) is 5.56 Å². The second-order valence-corrected chi connectivity index (χ2v) is 9.41. The molecule has 1 unspecified atom stereocenters. The SMILES string of the molecule is NCCCCC(NC(=O)CCN)C(=O)O[C@H]1C(=O)OCc2c1cc1n(c2=O)Cc2cc3ccccc3nc2-1. The summed E-state index contributed by atoms with van der Waals surface area (Å²) in [6.07, 6.45) is 0.0834. The number of amides is 1. The van der Waals surface area contributed by atoms with Crippen LogP contribution in [-0.2, 0) is 37.0 Å². The van der Waals surface area contributed by atoms with Gasteiger partial charge in [-0.05, 0) is 44.0 Å². The zero-order chi connectivity index (χ0) is 26.8. The molecule has 11 heteroatoms. The summed E-state index contributed by atoms with van der Waals surface area (Å²) >= 11 is 0. The van der Waals surface area contributed by atoms with Crippen LogP contribution >= 0.6 is 0 Å². The van der Waals surface area contributed by atoms with Crippen molar-refractivity contribution >= 4 is 28.7 Å². The standard InChI is InChI=1S/C27H29N5O6/c28-9-4-3-7-20(30-22(33)8-10-29)26(35)38-24-17-12-21-23-16(11-15-5-1-2-6-19(15)31-23)13-32(21)25(34)18(17)14-37-27(24)36/h1-2,5-6,11-12,20,24H,3-4,7-10,13-14,28-29H2,(H,30,33)/t20?,24-/m1/s1. The number of benzene rings is 1. The van der Waals surface area contributed by atoms with Gasteiger partial charge in [-0.15, -0.1) is 0 Å². The highest BCUT2D eigenvalue weighted by Gasteiger charge is 2.38. The summed E-state index contributed by atoms with van der Waals surface area (Å²) in [6, 6.07) is 10.3. The summed E-state index contributed by atoms with van der Waals surface area (Å²) in [4.78, 5) is 56.3. The van der Waals surface area contributed by atoms with Crippen LogP contribution < -0.4 is 22.3 Å². The van der Waals surface area contributed by atoms with E-state index in [1.165, 1.54) is 0 Å². The van der Waals surface area contributed by atoms with Crippen molar-refractivity contribution in [1.82, 2.24) is 14.9 Å². The third-order valence-corrected chi connectivity index (χ3v) is 6.84. The van der Waals surface area contributed by atoms with Crippen LogP contribution in [0.1, 0.15) is 48.5 Å². The van der Waals surface area contributed by atoms with Crippen LogP contribution in [0.15, 0.2) is 41.2 Å². The van der Waals surface area contributed by atoms with E-state index in [4.69, 9.17) is 25.9 Å². The maximum absolute atomic E-state index is 13.5. The Balaban J connectivity index is 1.48. The Labute approximate surface area is 218 Å². The van der Waals surface area contributed by atoms with Gasteiger partial charge in [0, 0.05) is 29.5 Å². The van der Waals surface area contributed by atoms with Crippen molar-refractivity contribution in [2.45, 2.75) is 51.0 Å². The van der Waals surface area contributed by atoms with E-state index in [0.717, 1.165) is 16.5 Å². The van der Waals surface area contributed by atoms with E-state index in [1.54, 1.807) is 10.6 Å². The molecule has 0 spiro atoms. The molecule has 11 nitrogen and oxygen atoms in total. The monoisotopic (exact) mass is 519 g/mol. The van der Waals surface area contributed by atoms with Gasteiger partial charge in [0.2, 0.25) is 12.0 Å². The first kappa shape index (κ1) is 25.6. The number of hydrogen-bond donors (Lipinski definition) is 3. The van der Waals surface area contributed by atoms with Crippen LogP contribution in [0.25, 0.3) is 22.3 Å². The van der Waals surface area contributed by atoms with Crippen LogP contribution in [0.3, 0.4) is 0 Å². The number of para-hydroxylation sites is 1. The average molecular weight is 520 g/mol. The van der Waals surface area contributed by atoms with Gasteiger partial charge in [-0.25, -0.2) is 14.6 Å². The average Bonchev–Trinajstić information content (AvgIpc) is 3.26. The highest BCUT2D eigenvalue weighted by molar-refractivity contribution is 5.88. The number of aromatic nitrogens is 2. The summed E-state index contributed by atoms with van der Waals surface area (Å²) in [5.41, 5.74) is 14.0. The Kier molecular flexibility index (Phi) is 7.21. The fourth-order valence-electron chi connectivity index (χ4n) is 4.91. The van der Waals surface area contributed by atoms with Gasteiger partial charge in [0.05, 0.1) is 29.0 Å². The molecule has 2 aliphatic rings. The number of esters is 2. The predicted molar refractivity (Wildman–Crippen MR) is 138 cm³/mol. The number of nitrogens with one attached hydrogen (secondary N) is 1. The normalized spacial score (nSPS) is 16.3. The maximum Gasteiger partial charge on any atom is 0.352 e. The van der Waals surface area contributed by atoms with E-state index in [1.807, 2.05) is 30.3 Å². The molecule has 38 heavy (non-hydrogen) atoms. The molecule has 2 atom stereocenters. The number of pyridine rings is 2. The molecule has 3 aromatic rings. The fraction of sp³-hybridized carbons (Fsp3) is 0.370. The zero-order valence-electron chi connectivity index (χ0n) is 20.8. The van der Waals surface area contributed by atoms with Gasteiger partial charge in [-0.2, -0.15) is 0 Å². The van der Waals surface area contributed by atoms with Gasteiger partial charge in [0.15, 0.2) is 0 Å². The third-order valence-electron chi connectivity index (χ3n) is 6.84. The van der Waals surface area contributed by atoms with Crippen molar-refractivity contribution in [3.63, 3.8) is 0 Å². The first-order chi connectivity index (χ1) is 18.4. The molecule has 1 aromatic carbocycles. The minimum atomic E-state index is -1.45. The summed E-state index contributed by atoms with van der Waals surface area (Å²) < 4.78 is 12.4. The van der Waals surface area contributed by atoms with Gasteiger partial charge >= 0.3 is 11.9 Å². The van der Waals surface area contributed by atoms with Crippen LogP contribution in [0.5, 0.6) is 0 Å². The largest absolute Gasteiger partial charge is 0.458 e. The van der Waals surface area contributed by atoms with Crippen LogP contribution in [-0.4, -0.2) is 46.5 Å². The number of ether oxygens (including phenoxy) is 2. The Morgan fingerprint density at radius 2 is 1.97 bits per heavy atom. The number of carbonyl (C=O) groups excluding carboxylic acids is 3. The van der Waals surface area contributed by atoms with Crippen LogP contribution in [0.2, 0.25) is 0 Å². The molecule has 5 rings (SSSR count). The molecule has 0 saturated carbocycles. The molecule has 0 radical (unpaired) electrons. The molecule has 0 fully saturated rings. The van der Waals surface area contributed by atoms with E-state index < -0.39 is 30.0 Å². The first-order valence-corrected chi connectivity index (χ1v) is 12.6. The summed E-state index contributed by atoms with van der Waals surface area (Å²) in [5.74, 6) is -1.99. The van der Waals surface area contributed by atoms with E-state index in [-0.39, 0.29) is 42.7 Å². The van der Waals surface area contributed by atoms with Crippen molar-refractivity contribution in [2.24, 2.45) is 11.5 Å². The van der Waals surface area contributed by atoms with Crippen molar-refractivity contribution < 1.29 is 23.9 Å². The van der Waals surface area contributed by atoms with E-state index in [2.05, 4.69) is 5.32 Å². The van der Waals surface area contributed by atoms with Crippen molar-refractivity contribution in [3.05, 3.63) is 63.4 Å². The Hall–Kier alpha value is -4.09. The zero-order valence-corrected chi connectivity index (χ0v) is 20.8. The number of hydrogen-bond acceptors (Lipinski definition) is 9. The molecule has 1 amide bonds. The summed E-state index contributed by atoms with van der Waals surface area (Å²) in [6.45, 7) is 0.670. The predicted octanol–water partition coefficient (Wildman–Crippen LogP) is 1.03. The van der Waals surface area contributed by atoms with E-state index >= 15 is 0 Å². The van der Waals surface area contributed by atoms with Gasteiger partial charge < -0.3 is 30.8 Å². The molecule has 5 N–H and O–H groups in total. The molecule has 0 saturated heterocycles. The van der Waals surface area contributed by atoms with Crippen molar-refractivity contribution in [1.29, 1.82) is 0 Å². The van der Waals surface area contributed by atoms with Gasteiger partial charge in [0.1, 0.15) is 12.6 Å². The van der Waals surface area contributed by atoms with Gasteiger partial charge in [-0.1, -0.05) is 18.2 Å². The highest BCUT2D eigenvalue weighted by Crippen LogP contribution is 2.36. The topological polar surface area (TPSA) is 169 Å². The maximum atomic E-state index is 13.5. The number of nitrogens with two attached hydrogens (primary N) is 2. The van der Waals surface area contributed by atoms with Crippen LogP contribution in [0, 0.1) is 0 Å². The summed E-state index contributed by atoms with van der Waals surface area (Å²) in [5, 5.41) is 3.58. The number of nitrogens with zero attached hydrogens (tertiary/aromatic N) is 2. The molecule has 2 aliphatic heterocycles. The first-order valence-electron chi connectivity index (χ1n) is 12.6. The highest BCUT2D eigenvalue weighted by atomic mass is 16.6. The Morgan fingerprint density at radius 3 is 2.76 bits per heavy atom. The molecule has 198 valence electrons. The molecule has 2 aromatic heterocycles. The summed E-state index contributed by atoms with van der Waals surface area (Å²) in [7, 11) is 0. The van der Waals surface area contributed by atoms with E-state index in [9.17, 15) is 19.2 Å². The number of fused-ring (bicyclic) bond motifs is 5. The number of rotatable bonds is 9. The molecular formula is C27H29N5O6. The third kappa shape index (κ3) is 4.77. The minimum absolute atomic E-state index is 0.0406. The minimum Gasteiger partial charge on any atom is -0.458 e. The lowest BCUT2D eigenvalue weighted by Crippen LogP contribution is -2.44. The molecule has 4 heterocycles. The lowest BCUT2D eigenvalue weighted by atomic mass is 10.00. The number of carbonyl (C=O) groups is 3. The number of unbranched alkanes of at least 4 members (excludes halogenated alkanes) is 1. The van der Waals surface area contributed by atoms with Crippen molar-refractivity contribution in [2.75, 3.05) is 13.1 Å². The smallest absolute Gasteiger partial charge is 0.352 e. The number of cyclic esters (lactones) is 1. The quantitative estimate of drug-likeness (QED) is 0.216. The Bertz CT molecular complexity index is 1480. The van der Waals surface area contributed by atoms with Crippen molar-refractivity contribution in [3.8, 4) is 11.4 Å². The second kappa shape index (κ2) is 10.7. The Morgan fingerprint density at radius 1 is 1.16 bits per heavy atom. The van der Waals surface area contributed by atoms with Crippen LogP contribution in [0.4, 0.5) is 0 Å².